The second kappa shape index (κ2) is 1.98. The summed E-state index contributed by atoms with van der Waals surface area (Å²) in [4.78, 5) is 18.1. The zero-order chi connectivity index (χ0) is 7.07. The molecule has 0 aromatic rings. The van der Waals surface area contributed by atoms with Crippen LogP contribution in [0.15, 0.2) is 11.4 Å². The van der Waals surface area contributed by atoms with E-state index < -0.39 is 7.34 Å². The highest BCUT2D eigenvalue weighted by Crippen LogP contribution is 2.46. The highest BCUT2D eigenvalue weighted by molar-refractivity contribution is 7.67. The summed E-state index contributed by atoms with van der Waals surface area (Å²) < 4.78 is 0. The fraction of sp³-hybridized carbons (Fsp3) is 0.500. The van der Waals surface area contributed by atoms with Gasteiger partial charge < -0.3 is 9.79 Å². The lowest BCUT2D eigenvalue weighted by Gasteiger charge is -1.98. The van der Waals surface area contributed by atoms with Gasteiger partial charge in [-0.15, -0.1) is 0 Å². The lowest BCUT2D eigenvalue weighted by Crippen LogP contribution is -1.90. The number of allylic oxidation sites excluding steroid dienone is 1. The third-order valence-electron chi connectivity index (χ3n) is 1.55. The largest absolute Gasteiger partial charge is 0.350 e. The molecule has 0 radical (unpaired) electrons. The van der Waals surface area contributed by atoms with E-state index >= 15 is 0 Å². The van der Waals surface area contributed by atoms with Gasteiger partial charge >= 0.3 is 0 Å². The van der Waals surface area contributed by atoms with Crippen molar-refractivity contribution in [2.75, 3.05) is 0 Å². The molecule has 1 unspecified atom stereocenters. The van der Waals surface area contributed by atoms with Crippen molar-refractivity contribution in [1.29, 1.82) is 0 Å². The Morgan fingerprint density at radius 1 is 1.56 bits per heavy atom. The van der Waals surface area contributed by atoms with Crippen LogP contribution in [0.4, 0.5) is 0 Å². The van der Waals surface area contributed by atoms with Gasteiger partial charge in [-0.25, -0.2) is 0 Å². The number of hydrogen-bond acceptors (Lipinski definition) is 2. The Morgan fingerprint density at radius 2 is 2.11 bits per heavy atom. The minimum absolute atomic E-state index is 0.244. The smallest absolute Gasteiger partial charge is 0.138 e. The Morgan fingerprint density at radius 3 is 2.22 bits per heavy atom. The van der Waals surface area contributed by atoms with Gasteiger partial charge in [0.15, 0.2) is 0 Å². The topological polar surface area (TPSA) is 40.5 Å². The first-order valence-electron chi connectivity index (χ1n) is 2.90. The van der Waals surface area contributed by atoms with Crippen LogP contribution in [-0.4, -0.2) is 15.6 Å². The molecule has 1 aliphatic heterocycles. The van der Waals surface area contributed by atoms with E-state index in [1.54, 1.807) is 11.6 Å². The molecule has 2 N–H and O–H groups in total. The zero-order valence-corrected chi connectivity index (χ0v) is 6.47. The monoisotopic (exact) mass is 146 g/mol. The molecule has 0 bridgehead atoms. The summed E-state index contributed by atoms with van der Waals surface area (Å²) in [5.74, 6) is 3.42. The minimum Gasteiger partial charge on any atom is -0.350 e. The minimum atomic E-state index is -2.69. The first-order chi connectivity index (χ1) is 4.01. The quantitative estimate of drug-likeness (QED) is 0.503. The maximum absolute atomic E-state index is 9.07. The van der Waals surface area contributed by atoms with E-state index in [2.05, 4.69) is 0 Å². The molecule has 0 spiro atoms. The Labute approximate surface area is 55.0 Å². The van der Waals surface area contributed by atoms with Crippen LogP contribution >= 0.6 is 7.34 Å². The summed E-state index contributed by atoms with van der Waals surface area (Å²) in [6.45, 7) is 3.87. The van der Waals surface area contributed by atoms with Gasteiger partial charge in [0.1, 0.15) is 7.34 Å². The fourth-order valence-corrected chi connectivity index (χ4v) is 2.72. The second-order valence-electron chi connectivity index (χ2n) is 2.51. The molecule has 0 fully saturated rings. The maximum Gasteiger partial charge on any atom is 0.138 e. The van der Waals surface area contributed by atoms with Crippen molar-refractivity contribution in [2.45, 2.75) is 13.8 Å². The van der Waals surface area contributed by atoms with Crippen LogP contribution in [0.25, 0.3) is 0 Å². The molecule has 3 heteroatoms. The maximum atomic E-state index is 9.07. The van der Waals surface area contributed by atoms with E-state index in [-0.39, 0.29) is 5.92 Å². The van der Waals surface area contributed by atoms with Crippen molar-refractivity contribution >= 4 is 13.1 Å². The third-order valence-corrected chi connectivity index (χ3v) is 3.23. The van der Waals surface area contributed by atoms with Crippen molar-refractivity contribution < 1.29 is 9.79 Å². The zero-order valence-electron chi connectivity index (χ0n) is 5.57. The molecule has 0 aromatic carbocycles. The Bertz CT molecular complexity index is 199. The predicted molar refractivity (Wildman–Crippen MR) is 40.3 cm³/mol. The molecule has 9 heavy (non-hydrogen) atoms. The summed E-state index contributed by atoms with van der Waals surface area (Å²) in [6.07, 6.45) is 0. The van der Waals surface area contributed by atoms with Gasteiger partial charge in [-0.3, -0.25) is 0 Å². The van der Waals surface area contributed by atoms with E-state index in [0.29, 0.717) is 0 Å². The molecule has 0 saturated carbocycles. The van der Waals surface area contributed by atoms with Gasteiger partial charge in [-0.2, -0.15) is 0 Å². The van der Waals surface area contributed by atoms with E-state index in [1.165, 1.54) is 0 Å². The second-order valence-corrected chi connectivity index (χ2v) is 4.47. The Hall–Kier alpha value is -0.0400. The van der Waals surface area contributed by atoms with E-state index in [9.17, 15) is 0 Å². The molecule has 0 aliphatic carbocycles. The van der Waals surface area contributed by atoms with Gasteiger partial charge in [0.2, 0.25) is 0 Å². The average molecular weight is 146 g/mol. The molecule has 52 valence electrons. The van der Waals surface area contributed by atoms with Crippen molar-refractivity contribution in [2.24, 2.45) is 5.92 Å². The summed E-state index contributed by atoms with van der Waals surface area (Å²) in [7, 11) is -2.69. The van der Waals surface area contributed by atoms with Crippen LogP contribution in [0.2, 0.25) is 0 Å². The highest BCUT2D eigenvalue weighted by atomic mass is 31.2. The van der Waals surface area contributed by atoms with Gasteiger partial charge in [0, 0.05) is 5.92 Å². The van der Waals surface area contributed by atoms with Gasteiger partial charge in [-0.05, 0) is 18.5 Å². The van der Waals surface area contributed by atoms with Crippen molar-refractivity contribution in [3.63, 3.8) is 0 Å². The Balaban J connectivity index is 2.96. The van der Waals surface area contributed by atoms with E-state index in [0.717, 1.165) is 5.57 Å². The molecule has 2 nitrogen and oxygen atoms in total. The highest BCUT2D eigenvalue weighted by Gasteiger charge is 2.17. The summed E-state index contributed by atoms with van der Waals surface area (Å²) in [5, 5.41) is 0. The molecular formula is C6H11O2P. The van der Waals surface area contributed by atoms with Crippen molar-refractivity contribution in [3.05, 3.63) is 11.4 Å². The number of rotatable bonds is 0. The molecule has 1 aliphatic rings. The molecule has 1 heterocycles. The van der Waals surface area contributed by atoms with Crippen LogP contribution in [0.5, 0.6) is 0 Å². The first kappa shape index (κ1) is 7.07. The number of hydrogen-bond donors (Lipinski definition) is 2. The van der Waals surface area contributed by atoms with Gasteiger partial charge in [0.05, 0.1) is 0 Å². The molecule has 0 amide bonds. The van der Waals surface area contributed by atoms with Gasteiger partial charge in [-0.1, -0.05) is 12.5 Å². The third kappa shape index (κ3) is 1.45. The molecular weight excluding hydrogens is 135 g/mol. The van der Waals surface area contributed by atoms with E-state index in [4.69, 9.17) is 9.79 Å². The summed E-state index contributed by atoms with van der Waals surface area (Å²) in [6, 6.07) is 0. The molecule has 0 saturated heterocycles. The van der Waals surface area contributed by atoms with E-state index in [1.807, 2.05) is 13.8 Å². The van der Waals surface area contributed by atoms with Crippen LogP contribution < -0.4 is 0 Å². The average Bonchev–Trinajstić information content (AvgIpc) is 1.79. The van der Waals surface area contributed by atoms with Gasteiger partial charge in [0.25, 0.3) is 0 Å². The first-order valence-corrected chi connectivity index (χ1v) is 4.74. The van der Waals surface area contributed by atoms with Crippen LogP contribution in [-0.2, 0) is 0 Å². The van der Waals surface area contributed by atoms with Crippen LogP contribution in [0.3, 0.4) is 0 Å². The predicted octanol–water partition coefficient (Wildman–Crippen LogP) is 1.17. The van der Waals surface area contributed by atoms with Crippen LogP contribution in [0.1, 0.15) is 13.8 Å². The molecule has 1 rings (SSSR count). The normalized spacial score (nSPS) is 31.6. The lowest BCUT2D eigenvalue weighted by atomic mass is 10.1. The SMILES string of the molecule is CC1=CP(O)(O)=CC1C. The standard InChI is InChI=1S/C6H11O2P/c1-5-3-9(7,8)4-6(5)2/h3-5,7-8H,1-2H3. The molecule has 1 atom stereocenters. The molecule has 0 aromatic heterocycles. The van der Waals surface area contributed by atoms with Crippen LogP contribution in [0, 0.1) is 5.92 Å². The van der Waals surface area contributed by atoms with Crippen molar-refractivity contribution in [3.8, 4) is 0 Å². The van der Waals surface area contributed by atoms with Crippen molar-refractivity contribution in [1.82, 2.24) is 0 Å². The Kier molecular flexibility index (Phi) is 1.55. The summed E-state index contributed by atoms with van der Waals surface area (Å²) in [5.41, 5.74) is 1.06. The lowest BCUT2D eigenvalue weighted by molar-refractivity contribution is 0.490. The fourth-order valence-electron chi connectivity index (χ4n) is 0.907. The summed E-state index contributed by atoms with van der Waals surface area (Å²) >= 11 is 0.